The fraction of sp³-hybridized carbons (Fsp3) is 0.364. The van der Waals surface area contributed by atoms with Crippen LogP contribution >= 0.6 is 12.2 Å². The first-order valence-electron chi connectivity index (χ1n) is 5.54. The highest BCUT2D eigenvalue weighted by Gasteiger charge is 2.33. The number of nitrogens with one attached hydrogen (secondary N) is 1. The summed E-state index contributed by atoms with van der Waals surface area (Å²) < 4.78 is 37.9. The van der Waals surface area contributed by atoms with E-state index in [1.165, 1.54) is 0 Å². The van der Waals surface area contributed by atoms with Crippen LogP contribution in [0, 0.1) is 0 Å². The highest BCUT2D eigenvalue weighted by Crippen LogP contribution is 2.29. The first-order valence-corrected chi connectivity index (χ1v) is 5.95. The molecule has 1 amide bonds. The summed E-state index contributed by atoms with van der Waals surface area (Å²) in [6.45, 7) is 1.58. The number of thiocarbonyl (C=S) groups is 1. The van der Waals surface area contributed by atoms with Crippen LogP contribution in [0.1, 0.15) is 24.6 Å². The molecule has 1 heterocycles. The van der Waals surface area contributed by atoms with E-state index >= 15 is 0 Å². The Morgan fingerprint density at radius 1 is 1.45 bits per heavy atom. The number of nitrogens with two attached hydrogens (primary N) is 2. The van der Waals surface area contributed by atoms with Crippen LogP contribution in [0.5, 0.6) is 0 Å². The minimum absolute atomic E-state index is 0.0608. The van der Waals surface area contributed by atoms with E-state index in [2.05, 4.69) is 10.3 Å². The summed E-state index contributed by atoms with van der Waals surface area (Å²) >= 11 is 4.75. The molecule has 1 unspecified atom stereocenters. The number of carbonyl (C=O) groups excluding carboxylic acids is 1. The van der Waals surface area contributed by atoms with Gasteiger partial charge >= 0.3 is 6.18 Å². The van der Waals surface area contributed by atoms with E-state index < -0.39 is 23.8 Å². The Morgan fingerprint density at radius 3 is 2.50 bits per heavy atom. The Hall–Kier alpha value is -1.90. The summed E-state index contributed by atoms with van der Waals surface area (Å²) in [4.78, 5) is 14.1. The Bertz CT molecular complexity index is 533. The zero-order valence-corrected chi connectivity index (χ0v) is 11.3. The zero-order valence-electron chi connectivity index (χ0n) is 10.5. The summed E-state index contributed by atoms with van der Waals surface area (Å²) in [6.07, 6.45) is -4.65. The second-order valence-corrected chi connectivity index (χ2v) is 4.61. The molecule has 0 aliphatic carbocycles. The number of amides is 1. The molecule has 0 bridgehead atoms. The molecular formula is C11H13F3N4OS. The van der Waals surface area contributed by atoms with Crippen molar-refractivity contribution in [1.82, 2.24) is 4.98 Å². The van der Waals surface area contributed by atoms with Crippen molar-refractivity contribution in [3.63, 3.8) is 0 Å². The molecule has 0 aromatic carbocycles. The van der Waals surface area contributed by atoms with Gasteiger partial charge in [0, 0.05) is 12.5 Å². The van der Waals surface area contributed by atoms with Crippen molar-refractivity contribution in [3.8, 4) is 0 Å². The average Bonchev–Trinajstić information content (AvgIpc) is 2.25. The first-order chi connectivity index (χ1) is 9.11. The number of pyridine rings is 1. The second kappa shape index (κ2) is 6.04. The van der Waals surface area contributed by atoms with Crippen molar-refractivity contribution >= 4 is 28.9 Å². The number of aromatic nitrogens is 1. The van der Waals surface area contributed by atoms with Crippen LogP contribution in [-0.4, -0.2) is 21.9 Å². The largest absolute Gasteiger partial charge is 0.433 e. The van der Waals surface area contributed by atoms with Crippen molar-refractivity contribution in [2.75, 3.05) is 5.32 Å². The van der Waals surface area contributed by atoms with Gasteiger partial charge in [-0.15, -0.1) is 0 Å². The van der Waals surface area contributed by atoms with E-state index in [1.807, 2.05) is 0 Å². The number of hydrogen-bond acceptors (Lipinski definition) is 4. The molecule has 110 valence electrons. The molecule has 0 saturated heterocycles. The van der Waals surface area contributed by atoms with Crippen LogP contribution in [-0.2, 0) is 11.0 Å². The average molecular weight is 306 g/mol. The number of alkyl halides is 3. The summed E-state index contributed by atoms with van der Waals surface area (Å²) in [5.41, 5.74) is 9.54. The molecule has 9 heteroatoms. The highest BCUT2D eigenvalue weighted by atomic mass is 32.1. The molecule has 20 heavy (non-hydrogen) atoms. The quantitative estimate of drug-likeness (QED) is 0.715. The van der Waals surface area contributed by atoms with Gasteiger partial charge in [-0.2, -0.15) is 13.2 Å². The third kappa shape index (κ3) is 4.34. The highest BCUT2D eigenvalue weighted by molar-refractivity contribution is 7.80. The lowest BCUT2D eigenvalue weighted by atomic mass is 10.2. The van der Waals surface area contributed by atoms with Gasteiger partial charge in [-0.3, -0.25) is 4.79 Å². The Morgan fingerprint density at radius 2 is 2.05 bits per heavy atom. The molecule has 0 radical (unpaired) electrons. The number of nitrogens with zero attached hydrogens (tertiary/aromatic N) is 1. The molecule has 0 aliphatic heterocycles. The first kappa shape index (κ1) is 16.2. The lowest BCUT2D eigenvalue weighted by molar-refractivity contribution is -0.141. The molecule has 0 saturated carbocycles. The van der Waals surface area contributed by atoms with Gasteiger partial charge in [-0.05, 0) is 19.1 Å². The number of carbonyl (C=O) groups is 1. The Labute approximate surface area is 118 Å². The van der Waals surface area contributed by atoms with Gasteiger partial charge in [0.05, 0.1) is 5.56 Å². The molecule has 0 fully saturated rings. The lowest BCUT2D eigenvalue weighted by Crippen LogP contribution is -2.26. The van der Waals surface area contributed by atoms with Crippen molar-refractivity contribution < 1.29 is 18.0 Å². The normalized spacial score (nSPS) is 12.8. The monoisotopic (exact) mass is 306 g/mol. The standard InChI is InChI=1S/C11H13F3N4OS/c1-5(4-8(15)19)17-10-6(9(16)20)2-3-7(18-10)11(12,13)14/h2-3,5H,4H2,1H3,(H2,15,19)(H2,16,20)(H,17,18). The van der Waals surface area contributed by atoms with Crippen LogP contribution in [0.3, 0.4) is 0 Å². The fourth-order valence-electron chi connectivity index (χ4n) is 1.51. The number of rotatable bonds is 5. The molecule has 0 spiro atoms. The van der Waals surface area contributed by atoms with Crippen molar-refractivity contribution in [2.24, 2.45) is 11.5 Å². The minimum Gasteiger partial charge on any atom is -0.389 e. The van der Waals surface area contributed by atoms with Gasteiger partial charge in [0.2, 0.25) is 5.91 Å². The Balaban J connectivity index is 3.12. The maximum atomic E-state index is 12.6. The third-order valence-corrected chi connectivity index (χ3v) is 2.56. The van der Waals surface area contributed by atoms with Crippen LogP contribution in [0.4, 0.5) is 19.0 Å². The van der Waals surface area contributed by atoms with Crippen LogP contribution in [0.15, 0.2) is 12.1 Å². The maximum Gasteiger partial charge on any atom is 0.433 e. The molecule has 5 N–H and O–H groups in total. The molecule has 1 rings (SSSR count). The smallest absolute Gasteiger partial charge is 0.389 e. The molecule has 1 atom stereocenters. The topological polar surface area (TPSA) is 94.0 Å². The number of anilines is 1. The number of primary amides is 1. The summed E-state index contributed by atoms with van der Waals surface area (Å²) in [6, 6.07) is 1.42. The lowest BCUT2D eigenvalue weighted by Gasteiger charge is -2.17. The predicted octanol–water partition coefficient (Wildman–Crippen LogP) is 1.41. The zero-order chi connectivity index (χ0) is 15.5. The van der Waals surface area contributed by atoms with Gasteiger partial charge in [0.15, 0.2) is 0 Å². The molecule has 1 aromatic heterocycles. The summed E-state index contributed by atoms with van der Waals surface area (Å²) in [7, 11) is 0. The van der Waals surface area contributed by atoms with Crippen molar-refractivity contribution in [1.29, 1.82) is 0 Å². The predicted molar refractivity (Wildman–Crippen MR) is 72.0 cm³/mol. The number of hydrogen-bond donors (Lipinski definition) is 3. The van der Waals surface area contributed by atoms with Gasteiger partial charge in [-0.25, -0.2) is 4.98 Å². The van der Waals surface area contributed by atoms with Gasteiger partial charge < -0.3 is 16.8 Å². The van der Waals surface area contributed by atoms with E-state index in [0.29, 0.717) is 0 Å². The van der Waals surface area contributed by atoms with Crippen LogP contribution in [0.2, 0.25) is 0 Å². The maximum absolute atomic E-state index is 12.6. The molecule has 5 nitrogen and oxygen atoms in total. The second-order valence-electron chi connectivity index (χ2n) is 4.17. The van der Waals surface area contributed by atoms with Gasteiger partial charge in [0.25, 0.3) is 0 Å². The fourth-order valence-corrected chi connectivity index (χ4v) is 1.68. The van der Waals surface area contributed by atoms with E-state index in [4.69, 9.17) is 23.7 Å². The summed E-state index contributed by atoms with van der Waals surface area (Å²) in [5, 5.41) is 2.66. The van der Waals surface area contributed by atoms with Crippen molar-refractivity contribution in [2.45, 2.75) is 25.6 Å². The van der Waals surface area contributed by atoms with E-state index in [-0.39, 0.29) is 22.8 Å². The van der Waals surface area contributed by atoms with E-state index in [0.717, 1.165) is 12.1 Å². The number of halogens is 3. The molecule has 0 aliphatic rings. The van der Waals surface area contributed by atoms with Crippen LogP contribution < -0.4 is 16.8 Å². The van der Waals surface area contributed by atoms with Gasteiger partial charge in [0.1, 0.15) is 16.5 Å². The van der Waals surface area contributed by atoms with E-state index in [9.17, 15) is 18.0 Å². The van der Waals surface area contributed by atoms with E-state index in [1.54, 1.807) is 6.92 Å². The Kier molecular flexibility index (Phi) is 4.88. The SMILES string of the molecule is CC(CC(N)=O)Nc1nc(C(F)(F)F)ccc1C(N)=S. The van der Waals surface area contributed by atoms with Crippen molar-refractivity contribution in [3.05, 3.63) is 23.4 Å². The molecular weight excluding hydrogens is 293 g/mol. The van der Waals surface area contributed by atoms with Crippen LogP contribution in [0.25, 0.3) is 0 Å². The van der Waals surface area contributed by atoms with Gasteiger partial charge in [-0.1, -0.05) is 12.2 Å². The third-order valence-electron chi connectivity index (χ3n) is 2.34. The minimum atomic E-state index is -4.59. The molecule has 1 aromatic rings. The summed E-state index contributed by atoms with van der Waals surface area (Å²) in [5.74, 6) is -0.713.